The standard InChI is InChI=1S/C21H19N3O/c1-14(21-23-18-11-4-5-12-19(18)24-21)22-20(25)13-16-9-6-8-15-7-2-3-10-17(15)16/h2-12,14H,13H2,1H3,(H,22,25)(H,23,24)/t14-/m0/s1. The Balaban J connectivity index is 1.51. The van der Waals surface area contributed by atoms with Gasteiger partial charge in [-0.25, -0.2) is 4.98 Å². The quantitative estimate of drug-likeness (QED) is 0.591. The van der Waals surface area contributed by atoms with E-state index in [1.54, 1.807) is 0 Å². The SMILES string of the molecule is C[C@H](NC(=O)Cc1cccc2ccccc12)c1nc2ccccc2[nH]1. The van der Waals surface area contributed by atoms with Crippen LogP contribution in [0.2, 0.25) is 0 Å². The Kier molecular flexibility index (Phi) is 3.94. The fraction of sp³-hybridized carbons (Fsp3) is 0.143. The molecule has 3 aromatic carbocycles. The fourth-order valence-electron chi connectivity index (χ4n) is 3.16. The maximum atomic E-state index is 12.5. The number of nitrogens with zero attached hydrogens (tertiary/aromatic N) is 1. The van der Waals surface area contributed by atoms with Crippen LogP contribution >= 0.6 is 0 Å². The summed E-state index contributed by atoms with van der Waals surface area (Å²) >= 11 is 0. The summed E-state index contributed by atoms with van der Waals surface area (Å²) < 4.78 is 0. The first-order chi connectivity index (χ1) is 12.2. The molecule has 0 saturated heterocycles. The molecule has 0 aliphatic carbocycles. The first kappa shape index (κ1) is 15.4. The third kappa shape index (κ3) is 3.11. The van der Waals surface area contributed by atoms with Crippen molar-refractivity contribution < 1.29 is 4.79 Å². The maximum absolute atomic E-state index is 12.5. The number of aromatic amines is 1. The lowest BCUT2D eigenvalue weighted by Crippen LogP contribution is -2.28. The summed E-state index contributed by atoms with van der Waals surface area (Å²) in [5.74, 6) is 0.761. The number of para-hydroxylation sites is 2. The number of carbonyl (C=O) groups excluding carboxylic acids is 1. The Morgan fingerprint density at radius 1 is 1.04 bits per heavy atom. The van der Waals surface area contributed by atoms with E-state index in [9.17, 15) is 4.79 Å². The molecule has 0 fully saturated rings. The number of benzene rings is 3. The molecule has 0 bridgehead atoms. The van der Waals surface area contributed by atoms with Gasteiger partial charge in [0.25, 0.3) is 0 Å². The van der Waals surface area contributed by atoms with Crippen LogP contribution in [0.25, 0.3) is 21.8 Å². The van der Waals surface area contributed by atoms with Gasteiger partial charge < -0.3 is 10.3 Å². The van der Waals surface area contributed by atoms with Crippen molar-refractivity contribution in [2.24, 2.45) is 0 Å². The number of carbonyl (C=O) groups is 1. The number of H-pyrrole nitrogens is 1. The third-order valence-corrected chi connectivity index (χ3v) is 4.43. The molecule has 4 heteroatoms. The lowest BCUT2D eigenvalue weighted by molar-refractivity contribution is -0.121. The van der Waals surface area contributed by atoms with Crippen molar-refractivity contribution in [3.05, 3.63) is 78.1 Å². The summed E-state index contributed by atoms with van der Waals surface area (Å²) in [6.07, 6.45) is 0.353. The Hall–Kier alpha value is -3.14. The van der Waals surface area contributed by atoms with E-state index < -0.39 is 0 Å². The molecule has 1 heterocycles. The van der Waals surface area contributed by atoms with Crippen LogP contribution in [0.1, 0.15) is 24.4 Å². The zero-order valence-electron chi connectivity index (χ0n) is 14.0. The number of hydrogen-bond acceptors (Lipinski definition) is 2. The average Bonchev–Trinajstić information content (AvgIpc) is 3.06. The molecule has 4 nitrogen and oxygen atoms in total. The van der Waals surface area contributed by atoms with E-state index >= 15 is 0 Å². The Morgan fingerprint density at radius 2 is 1.80 bits per heavy atom. The minimum absolute atomic E-state index is 0.00990. The van der Waals surface area contributed by atoms with Gasteiger partial charge in [0.05, 0.1) is 23.5 Å². The minimum atomic E-state index is -0.171. The highest BCUT2D eigenvalue weighted by Crippen LogP contribution is 2.20. The molecule has 124 valence electrons. The Labute approximate surface area is 145 Å². The zero-order valence-corrected chi connectivity index (χ0v) is 14.0. The molecule has 0 aliphatic heterocycles. The molecule has 4 rings (SSSR count). The molecule has 0 spiro atoms. The van der Waals surface area contributed by atoms with Crippen LogP contribution in [0.3, 0.4) is 0 Å². The predicted octanol–water partition coefficient (Wildman–Crippen LogP) is 4.14. The third-order valence-electron chi connectivity index (χ3n) is 4.43. The van der Waals surface area contributed by atoms with Crippen molar-refractivity contribution in [1.29, 1.82) is 0 Å². The van der Waals surface area contributed by atoms with Gasteiger partial charge in [0.1, 0.15) is 5.82 Å². The van der Waals surface area contributed by atoms with E-state index in [1.807, 2.05) is 55.5 Å². The van der Waals surface area contributed by atoms with Crippen molar-refractivity contribution in [3.63, 3.8) is 0 Å². The highest BCUT2D eigenvalue weighted by Gasteiger charge is 2.14. The zero-order chi connectivity index (χ0) is 17.2. The first-order valence-electron chi connectivity index (χ1n) is 8.41. The van der Waals surface area contributed by atoms with E-state index in [0.29, 0.717) is 6.42 Å². The van der Waals surface area contributed by atoms with Crippen LogP contribution < -0.4 is 5.32 Å². The van der Waals surface area contributed by atoms with Crippen LogP contribution in [0.15, 0.2) is 66.7 Å². The van der Waals surface area contributed by atoms with Gasteiger partial charge in [-0.3, -0.25) is 4.79 Å². The van der Waals surface area contributed by atoms with Gasteiger partial charge in [0.2, 0.25) is 5.91 Å². The molecule has 1 aromatic heterocycles. The number of fused-ring (bicyclic) bond motifs is 2. The topological polar surface area (TPSA) is 57.8 Å². The van der Waals surface area contributed by atoms with E-state index in [4.69, 9.17) is 0 Å². The van der Waals surface area contributed by atoms with Crippen molar-refractivity contribution in [3.8, 4) is 0 Å². The second-order valence-electron chi connectivity index (χ2n) is 6.24. The normalized spacial score (nSPS) is 12.4. The Morgan fingerprint density at radius 3 is 2.68 bits per heavy atom. The summed E-state index contributed by atoms with van der Waals surface area (Å²) in [5.41, 5.74) is 2.92. The van der Waals surface area contributed by atoms with Crippen LogP contribution in [-0.2, 0) is 11.2 Å². The molecule has 0 aliphatic rings. The average molecular weight is 329 g/mol. The highest BCUT2D eigenvalue weighted by molar-refractivity contribution is 5.90. The van der Waals surface area contributed by atoms with Gasteiger partial charge in [-0.15, -0.1) is 0 Å². The second kappa shape index (κ2) is 6.40. The first-order valence-corrected chi connectivity index (χ1v) is 8.41. The molecular weight excluding hydrogens is 310 g/mol. The molecule has 1 amide bonds. The number of hydrogen-bond donors (Lipinski definition) is 2. The molecule has 0 saturated carbocycles. The van der Waals surface area contributed by atoms with Crippen LogP contribution in [0, 0.1) is 0 Å². The number of rotatable bonds is 4. The molecular formula is C21H19N3O. The fourth-order valence-corrected chi connectivity index (χ4v) is 3.16. The summed E-state index contributed by atoms with van der Waals surface area (Å²) in [4.78, 5) is 20.3. The largest absolute Gasteiger partial charge is 0.346 e. The number of nitrogens with one attached hydrogen (secondary N) is 2. The molecule has 25 heavy (non-hydrogen) atoms. The van der Waals surface area contributed by atoms with E-state index in [2.05, 4.69) is 33.5 Å². The molecule has 1 atom stereocenters. The summed E-state index contributed by atoms with van der Waals surface area (Å²) in [6, 6.07) is 21.9. The lowest BCUT2D eigenvalue weighted by atomic mass is 10.0. The summed E-state index contributed by atoms with van der Waals surface area (Å²) in [5, 5.41) is 5.31. The van der Waals surface area contributed by atoms with Gasteiger partial charge in [0.15, 0.2) is 0 Å². The van der Waals surface area contributed by atoms with Crippen LogP contribution in [-0.4, -0.2) is 15.9 Å². The lowest BCUT2D eigenvalue weighted by Gasteiger charge is -2.12. The molecule has 0 unspecified atom stereocenters. The number of amides is 1. The van der Waals surface area contributed by atoms with Gasteiger partial charge in [-0.1, -0.05) is 54.6 Å². The maximum Gasteiger partial charge on any atom is 0.225 e. The van der Waals surface area contributed by atoms with Gasteiger partial charge in [-0.2, -0.15) is 0 Å². The summed E-state index contributed by atoms with van der Waals surface area (Å²) in [6.45, 7) is 1.94. The second-order valence-corrected chi connectivity index (χ2v) is 6.24. The highest BCUT2D eigenvalue weighted by atomic mass is 16.1. The van der Waals surface area contributed by atoms with Crippen molar-refractivity contribution in [1.82, 2.24) is 15.3 Å². The van der Waals surface area contributed by atoms with Crippen molar-refractivity contribution >= 4 is 27.7 Å². The van der Waals surface area contributed by atoms with Gasteiger partial charge in [-0.05, 0) is 35.4 Å². The minimum Gasteiger partial charge on any atom is -0.346 e. The molecule has 2 N–H and O–H groups in total. The number of imidazole rings is 1. The van der Waals surface area contributed by atoms with Crippen LogP contribution in [0.5, 0.6) is 0 Å². The van der Waals surface area contributed by atoms with E-state index in [1.165, 1.54) is 0 Å². The van der Waals surface area contributed by atoms with Gasteiger partial charge >= 0.3 is 0 Å². The number of aromatic nitrogens is 2. The van der Waals surface area contributed by atoms with Crippen molar-refractivity contribution in [2.45, 2.75) is 19.4 Å². The Bertz CT molecular complexity index is 1010. The smallest absolute Gasteiger partial charge is 0.225 e. The van der Waals surface area contributed by atoms with E-state index in [0.717, 1.165) is 33.2 Å². The van der Waals surface area contributed by atoms with Crippen LogP contribution in [0.4, 0.5) is 0 Å². The van der Waals surface area contributed by atoms with E-state index in [-0.39, 0.29) is 11.9 Å². The predicted molar refractivity (Wildman–Crippen MR) is 100 cm³/mol. The summed E-state index contributed by atoms with van der Waals surface area (Å²) in [7, 11) is 0. The van der Waals surface area contributed by atoms with Gasteiger partial charge in [0, 0.05) is 0 Å². The monoisotopic (exact) mass is 329 g/mol. The molecule has 0 radical (unpaired) electrons. The van der Waals surface area contributed by atoms with Crippen molar-refractivity contribution in [2.75, 3.05) is 0 Å². The molecule has 4 aromatic rings.